The van der Waals surface area contributed by atoms with Gasteiger partial charge in [0.2, 0.25) is 0 Å². The first-order valence-corrected chi connectivity index (χ1v) is 9.43. The van der Waals surface area contributed by atoms with Crippen molar-refractivity contribution in [1.29, 1.82) is 0 Å². The lowest BCUT2D eigenvalue weighted by molar-refractivity contribution is 0.227. The number of halogens is 1. The normalized spacial score (nSPS) is 21.5. The number of H-pyrrole nitrogens is 1. The Morgan fingerprint density at radius 1 is 1.08 bits per heavy atom. The van der Waals surface area contributed by atoms with Crippen LogP contribution < -0.4 is 10.6 Å². The van der Waals surface area contributed by atoms with Crippen molar-refractivity contribution in [2.75, 3.05) is 0 Å². The van der Waals surface area contributed by atoms with Gasteiger partial charge in [0.1, 0.15) is 0 Å². The van der Waals surface area contributed by atoms with Gasteiger partial charge in [0.25, 0.3) is 0 Å². The summed E-state index contributed by atoms with van der Waals surface area (Å²) < 4.78 is 0. The Kier molecular flexibility index (Phi) is 4.40. The van der Waals surface area contributed by atoms with Crippen LogP contribution in [0.1, 0.15) is 49.8 Å². The number of hydrogen-bond donors (Lipinski definition) is 3. The van der Waals surface area contributed by atoms with Crippen LogP contribution in [0.4, 0.5) is 4.79 Å². The smallest absolute Gasteiger partial charge is 0.315 e. The van der Waals surface area contributed by atoms with Crippen molar-refractivity contribution in [1.82, 2.24) is 15.6 Å². The molecule has 1 aromatic carbocycles. The number of urea groups is 1. The third-order valence-corrected chi connectivity index (χ3v) is 5.66. The maximum absolute atomic E-state index is 12.3. The van der Waals surface area contributed by atoms with Crippen LogP contribution in [0.2, 0.25) is 5.02 Å². The van der Waals surface area contributed by atoms with Gasteiger partial charge in [-0.15, -0.1) is 0 Å². The first-order valence-electron chi connectivity index (χ1n) is 9.05. The summed E-state index contributed by atoms with van der Waals surface area (Å²) in [6.07, 6.45) is 8.83. The molecule has 0 saturated heterocycles. The number of amides is 2. The van der Waals surface area contributed by atoms with Gasteiger partial charge in [-0.3, -0.25) is 0 Å². The summed E-state index contributed by atoms with van der Waals surface area (Å²) in [6, 6.07) is 6.55. The van der Waals surface area contributed by atoms with Gasteiger partial charge in [-0.2, -0.15) is 0 Å². The lowest BCUT2D eigenvalue weighted by atomic mass is 9.91. The van der Waals surface area contributed by atoms with E-state index in [-0.39, 0.29) is 12.1 Å². The number of benzene rings is 1. The second-order valence-corrected chi connectivity index (χ2v) is 7.60. The van der Waals surface area contributed by atoms with E-state index < -0.39 is 0 Å². The molecule has 4 rings (SSSR count). The van der Waals surface area contributed by atoms with E-state index in [0.29, 0.717) is 6.04 Å². The minimum Gasteiger partial charge on any atom is -0.358 e. The molecule has 1 saturated carbocycles. The first kappa shape index (κ1) is 15.8. The molecule has 2 aromatic rings. The fraction of sp³-hybridized carbons (Fsp3) is 0.526. The number of aromatic nitrogens is 1. The van der Waals surface area contributed by atoms with E-state index in [2.05, 4.69) is 21.7 Å². The summed E-state index contributed by atoms with van der Waals surface area (Å²) in [5.41, 5.74) is 3.72. The van der Waals surface area contributed by atoms with Crippen LogP contribution in [0, 0.1) is 0 Å². The van der Waals surface area contributed by atoms with Gasteiger partial charge in [0.15, 0.2) is 0 Å². The molecule has 2 aliphatic carbocycles. The lowest BCUT2D eigenvalue weighted by Gasteiger charge is -2.27. The molecule has 0 aliphatic heterocycles. The molecule has 1 heterocycles. The Hall–Kier alpha value is -1.68. The molecule has 2 amide bonds. The van der Waals surface area contributed by atoms with Gasteiger partial charge in [-0.1, -0.05) is 36.9 Å². The third-order valence-electron chi connectivity index (χ3n) is 5.43. The molecule has 1 fully saturated rings. The second-order valence-electron chi connectivity index (χ2n) is 7.16. The van der Waals surface area contributed by atoms with E-state index >= 15 is 0 Å². The minimum absolute atomic E-state index is 0.00163. The highest BCUT2D eigenvalue weighted by Crippen LogP contribution is 2.30. The van der Waals surface area contributed by atoms with Crippen LogP contribution in [0.15, 0.2) is 18.2 Å². The Bertz CT molecular complexity index is 748. The van der Waals surface area contributed by atoms with Crippen molar-refractivity contribution in [3.63, 3.8) is 0 Å². The Morgan fingerprint density at radius 2 is 1.88 bits per heavy atom. The zero-order chi connectivity index (χ0) is 16.5. The molecule has 0 spiro atoms. The largest absolute Gasteiger partial charge is 0.358 e. The van der Waals surface area contributed by atoms with Crippen molar-refractivity contribution in [3.8, 4) is 0 Å². The average molecular weight is 346 g/mol. The minimum atomic E-state index is -0.00163. The van der Waals surface area contributed by atoms with Crippen molar-refractivity contribution < 1.29 is 4.79 Å². The van der Waals surface area contributed by atoms with E-state index in [1.54, 1.807) is 0 Å². The van der Waals surface area contributed by atoms with Crippen molar-refractivity contribution in [2.45, 2.75) is 63.5 Å². The van der Waals surface area contributed by atoms with Crippen LogP contribution in [0.5, 0.6) is 0 Å². The van der Waals surface area contributed by atoms with E-state index in [4.69, 9.17) is 11.6 Å². The number of nitrogens with one attached hydrogen (secondary N) is 3. The van der Waals surface area contributed by atoms with Crippen LogP contribution in [-0.2, 0) is 12.8 Å². The van der Waals surface area contributed by atoms with Gasteiger partial charge in [0, 0.05) is 33.7 Å². The fourth-order valence-corrected chi connectivity index (χ4v) is 4.35. The highest BCUT2D eigenvalue weighted by Gasteiger charge is 2.24. The monoisotopic (exact) mass is 345 g/mol. The molecule has 2 aliphatic rings. The summed E-state index contributed by atoms with van der Waals surface area (Å²) in [5, 5.41) is 8.32. The predicted molar refractivity (Wildman–Crippen MR) is 97.7 cm³/mol. The zero-order valence-electron chi connectivity index (χ0n) is 13.8. The van der Waals surface area contributed by atoms with Crippen molar-refractivity contribution >= 4 is 28.5 Å². The summed E-state index contributed by atoms with van der Waals surface area (Å²) in [6.45, 7) is 0. The molecule has 0 radical (unpaired) electrons. The number of rotatable bonds is 2. The van der Waals surface area contributed by atoms with E-state index in [1.807, 2.05) is 12.1 Å². The quantitative estimate of drug-likeness (QED) is 0.746. The van der Waals surface area contributed by atoms with E-state index in [1.165, 1.54) is 35.9 Å². The molecule has 5 heteroatoms. The number of fused-ring (bicyclic) bond motifs is 3. The number of aryl methyl sites for hydroxylation is 1. The number of carbonyl (C=O) groups excluding carboxylic acids is 1. The molecule has 24 heavy (non-hydrogen) atoms. The van der Waals surface area contributed by atoms with Gasteiger partial charge < -0.3 is 15.6 Å². The number of carbonyl (C=O) groups is 1. The average Bonchev–Trinajstić information content (AvgIpc) is 2.92. The summed E-state index contributed by atoms with van der Waals surface area (Å²) >= 11 is 6.09. The molecule has 128 valence electrons. The molecule has 3 N–H and O–H groups in total. The van der Waals surface area contributed by atoms with E-state index in [0.717, 1.165) is 42.6 Å². The predicted octanol–water partition coefficient (Wildman–Crippen LogP) is 4.31. The summed E-state index contributed by atoms with van der Waals surface area (Å²) in [7, 11) is 0. The Balaban J connectivity index is 1.42. The van der Waals surface area contributed by atoms with Crippen LogP contribution in [0.3, 0.4) is 0 Å². The SMILES string of the molecule is O=C(NC1CCCCC1)NC1CCc2[nH]c3cc(Cl)ccc3c2C1. The van der Waals surface area contributed by atoms with Gasteiger partial charge in [0.05, 0.1) is 0 Å². The standard InChI is InChI=1S/C19H24ClN3O/c20-12-6-8-15-16-11-14(7-9-17(16)23-18(15)10-12)22-19(24)21-13-4-2-1-3-5-13/h6,8,10,13-14,23H,1-5,7,9,11H2,(H2,21,22,24). The first-order chi connectivity index (χ1) is 11.7. The van der Waals surface area contributed by atoms with Gasteiger partial charge >= 0.3 is 6.03 Å². The van der Waals surface area contributed by atoms with Crippen molar-refractivity contribution in [2.24, 2.45) is 0 Å². The topological polar surface area (TPSA) is 56.9 Å². The Labute approximate surface area is 147 Å². The molecule has 1 atom stereocenters. The van der Waals surface area contributed by atoms with Gasteiger partial charge in [-0.05, 0) is 49.8 Å². The lowest BCUT2D eigenvalue weighted by Crippen LogP contribution is -2.48. The third kappa shape index (κ3) is 3.25. The van der Waals surface area contributed by atoms with Crippen LogP contribution in [0.25, 0.3) is 10.9 Å². The van der Waals surface area contributed by atoms with Crippen LogP contribution >= 0.6 is 11.6 Å². The summed E-state index contributed by atoms with van der Waals surface area (Å²) in [5.74, 6) is 0. The molecule has 1 aromatic heterocycles. The van der Waals surface area contributed by atoms with E-state index in [9.17, 15) is 4.79 Å². The molecule has 4 nitrogen and oxygen atoms in total. The maximum atomic E-state index is 12.3. The molecular formula is C19H24ClN3O. The number of aromatic amines is 1. The number of hydrogen-bond acceptors (Lipinski definition) is 1. The summed E-state index contributed by atoms with van der Waals surface area (Å²) in [4.78, 5) is 15.8. The highest BCUT2D eigenvalue weighted by molar-refractivity contribution is 6.31. The zero-order valence-corrected chi connectivity index (χ0v) is 14.6. The van der Waals surface area contributed by atoms with Gasteiger partial charge in [-0.25, -0.2) is 4.79 Å². The fourth-order valence-electron chi connectivity index (χ4n) is 4.18. The molecule has 1 unspecified atom stereocenters. The van der Waals surface area contributed by atoms with Crippen LogP contribution in [-0.4, -0.2) is 23.1 Å². The Morgan fingerprint density at radius 3 is 2.71 bits per heavy atom. The van der Waals surface area contributed by atoms with Crippen molar-refractivity contribution in [3.05, 3.63) is 34.5 Å². The molecule has 0 bridgehead atoms. The maximum Gasteiger partial charge on any atom is 0.315 e. The molecular weight excluding hydrogens is 322 g/mol. The highest BCUT2D eigenvalue weighted by atomic mass is 35.5. The second kappa shape index (κ2) is 6.67.